The van der Waals surface area contributed by atoms with Gasteiger partial charge in [-0.15, -0.1) is 0 Å². The number of ether oxygens (including phenoxy) is 1. The third-order valence-corrected chi connectivity index (χ3v) is 4.80. The number of fused-ring (bicyclic) bond motifs is 1. The normalized spacial score (nSPS) is 12.2. The maximum Gasteiger partial charge on any atom is 0.408 e. The molecule has 0 fully saturated rings. The Balaban J connectivity index is 1.73. The molecule has 0 bridgehead atoms. The van der Waals surface area contributed by atoms with E-state index >= 15 is 0 Å². The Labute approximate surface area is 187 Å². The number of nitrogens with one attached hydrogen (secondary N) is 2. The fourth-order valence-electron chi connectivity index (χ4n) is 3.28. The van der Waals surface area contributed by atoms with Crippen molar-refractivity contribution in [2.75, 3.05) is 5.32 Å². The molecule has 1 aromatic heterocycles. The van der Waals surface area contributed by atoms with E-state index in [1.807, 2.05) is 42.5 Å². The van der Waals surface area contributed by atoms with Crippen molar-refractivity contribution in [2.24, 2.45) is 0 Å². The van der Waals surface area contributed by atoms with Crippen molar-refractivity contribution < 1.29 is 19.4 Å². The fraction of sp³-hybridized carbons (Fsp3) is 0.320. The van der Waals surface area contributed by atoms with E-state index in [9.17, 15) is 14.7 Å². The Morgan fingerprint density at radius 3 is 2.41 bits per heavy atom. The van der Waals surface area contributed by atoms with E-state index in [-0.39, 0.29) is 6.42 Å². The molecule has 0 aliphatic heterocycles. The number of carbonyl (C=O) groups is 2. The minimum Gasteiger partial charge on any atom is -0.480 e. The van der Waals surface area contributed by atoms with Gasteiger partial charge in [0.1, 0.15) is 17.5 Å². The summed E-state index contributed by atoms with van der Waals surface area (Å²) in [5.74, 6) is -0.340. The molecule has 7 nitrogen and oxygen atoms in total. The number of carboxylic acid groups (broad SMARTS) is 1. The Morgan fingerprint density at radius 1 is 1.09 bits per heavy atom. The summed E-state index contributed by atoms with van der Waals surface area (Å²) in [4.78, 5) is 28.3. The quantitative estimate of drug-likeness (QED) is 0.480. The zero-order valence-corrected chi connectivity index (χ0v) is 18.8. The van der Waals surface area contributed by atoms with Crippen molar-refractivity contribution in [3.63, 3.8) is 0 Å². The lowest BCUT2D eigenvalue weighted by molar-refractivity contribution is -0.139. The van der Waals surface area contributed by atoms with E-state index in [4.69, 9.17) is 9.72 Å². The molecule has 2 aromatic carbocycles. The third kappa shape index (κ3) is 6.20. The van der Waals surface area contributed by atoms with E-state index in [1.54, 1.807) is 20.8 Å². The number of benzene rings is 2. The highest BCUT2D eigenvalue weighted by atomic mass is 16.6. The topological polar surface area (TPSA) is 101 Å². The molecule has 0 saturated heterocycles. The van der Waals surface area contributed by atoms with Crippen LogP contribution in [0.2, 0.25) is 0 Å². The smallest absolute Gasteiger partial charge is 0.408 e. The van der Waals surface area contributed by atoms with Gasteiger partial charge >= 0.3 is 12.1 Å². The monoisotopic (exact) mass is 435 g/mol. The first kappa shape index (κ1) is 23.1. The summed E-state index contributed by atoms with van der Waals surface area (Å²) in [5, 5.41) is 17.4. The van der Waals surface area contributed by atoms with E-state index in [0.717, 1.165) is 40.0 Å². The van der Waals surface area contributed by atoms with E-state index in [1.165, 1.54) is 0 Å². The summed E-state index contributed by atoms with van der Waals surface area (Å²) in [5.41, 5.74) is 1.92. The average molecular weight is 436 g/mol. The molecule has 0 spiro atoms. The van der Waals surface area contributed by atoms with Crippen LogP contribution in [0, 0.1) is 0 Å². The lowest BCUT2D eigenvalue weighted by atomic mass is 10.1. The van der Waals surface area contributed by atoms with Gasteiger partial charge in [-0.05, 0) is 56.3 Å². The summed E-state index contributed by atoms with van der Waals surface area (Å²) >= 11 is 0. The third-order valence-electron chi connectivity index (χ3n) is 4.80. The Hall–Kier alpha value is -3.61. The van der Waals surface area contributed by atoms with Gasteiger partial charge in [0.2, 0.25) is 0 Å². The van der Waals surface area contributed by atoms with Gasteiger partial charge < -0.3 is 20.5 Å². The van der Waals surface area contributed by atoms with Crippen molar-refractivity contribution in [3.05, 3.63) is 65.9 Å². The molecule has 0 aliphatic rings. The van der Waals surface area contributed by atoms with Crippen LogP contribution in [0.4, 0.5) is 16.3 Å². The maximum absolute atomic E-state index is 12.0. The van der Waals surface area contributed by atoms with Crippen LogP contribution >= 0.6 is 0 Å². The molecule has 0 aliphatic carbocycles. The second kappa shape index (κ2) is 9.68. The number of hydrogen-bond donors (Lipinski definition) is 3. The highest BCUT2D eigenvalue weighted by molar-refractivity contribution is 5.93. The number of alkyl carbamates (subject to hydrolysis) is 1. The van der Waals surface area contributed by atoms with E-state index in [0.29, 0.717) is 0 Å². The molecule has 0 saturated carbocycles. The predicted octanol–water partition coefficient (Wildman–Crippen LogP) is 5.06. The zero-order chi connectivity index (χ0) is 23.3. The number of hydrogen-bond acceptors (Lipinski definition) is 5. The molecule has 168 valence electrons. The summed E-state index contributed by atoms with van der Waals surface area (Å²) in [6, 6.07) is 16.5. The summed E-state index contributed by atoms with van der Waals surface area (Å²) < 4.78 is 5.17. The van der Waals surface area contributed by atoms with Gasteiger partial charge in [0, 0.05) is 23.2 Å². The number of anilines is 2. The molecule has 7 heteroatoms. The number of aliphatic carboxylic acids is 1. The molecule has 1 heterocycles. The van der Waals surface area contributed by atoms with Gasteiger partial charge in [0.15, 0.2) is 0 Å². The minimum absolute atomic E-state index is 0.140. The Kier molecular flexibility index (Phi) is 6.98. The van der Waals surface area contributed by atoms with Gasteiger partial charge in [-0.2, -0.15) is 0 Å². The standard InChI is InChI=1S/C25H29N3O4/c1-5-18-15-17-8-6-7-9-20(17)22(26-18)27-19-12-10-16(11-13-19)14-21(23(29)30)28-24(31)32-25(2,3)4/h6-13,15,21H,5,14H2,1-4H3,(H,26,27)(H,28,31)(H,29,30)/t21-/m0/s1. The molecule has 0 unspecified atom stereocenters. The highest BCUT2D eigenvalue weighted by Crippen LogP contribution is 2.26. The molecule has 32 heavy (non-hydrogen) atoms. The van der Waals surface area contributed by atoms with Gasteiger partial charge in [0.25, 0.3) is 0 Å². The van der Waals surface area contributed by atoms with Gasteiger partial charge in [-0.25, -0.2) is 14.6 Å². The van der Waals surface area contributed by atoms with Crippen LogP contribution in [-0.4, -0.2) is 33.8 Å². The van der Waals surface area contributed by atoms with Crippen molar-refractivity contribution in [3.8, 4) is 0 Å². The summed E-state index contributed by atoms with van der Waals surface area (Å²) in [6.45, 7) is 7.24. The van der Waals surface area contributed by atoms with Crippen LogP contribution < -0.4 is 10.6 Å². The lowest BCUT2D eigenvalue weighted by Gasteiger charge is -2.22. The first-order chi connectivity index (χ1) is 15.1. The van der Waals surface area contributed by atoms with E-state index in [2.05, 4.69) is 29.7 Å². The van der Waals surface area contributed by atoms with Gasteiger partial charge in [0.05, 0.1) is 0 Å². The van der Waals surface area contributed by atoms with Crippen molar-refractivity contribution in [1.29, 1.82) is 0 Å². The molecule has 3 rings (SSSR count). The van der Waals surface area contributed by atoms with Gasteiger partial charge in [-0.1, -0.05) is 43.3 Å². The number of carboxylic acids is 1. The van der Waals surface area contributed by atoms with Crippen molar-refractivity contribution in [2.45, 2.75) is 52.2 Å². The van der Waals surface area contributed by atoms with Crippen LogP contribution in [-0.2, 0) is 22.4 Å². The van der Waals surface area contributed by atoms with Gasteiger partial charge in [-0.3, -0.25) is 0 Å². The summed E-state index contributed by atoms with van der Waals surface area (Å²) in [7, 11) is 0. The number of carbonyl (C=O) groups excluding carboxylic acids is 1. The number of amides is 1. The second-order valence-electron chi connectivity index (χ2n) is 8.60. The number of nitrogens with zero attached hydrogens (tertiary/aromatic N) is 1. The zero-order valence-electron chi connectivity index (χ0n) is 18.8. The predicted molar refractivity (Wildman–Crippen MR) is 125 cm³/mol. The van der Waals surface area contributed by atoms with Crippen LogP contribution in [0.1, 0.15) is 39.0 Å². The second-order valence-corrected chi connectivity index (χ2v) is 8.60. The Morgan fingerprint density at radius 2 is 1.78 bits per heavy atom. The molecule has 1 amide bonds. The molecule has 1 atom stereocenters. The van der Waals surface area contributed by atoms with E-state index < -0.39 is 23.7 Å². The van der Waals surface area contributed by atoms with Crippen LogP contribution in [0.3, 0.4) is 0 Å². The molecule has 3 N–H and O–H groups in total. The number of rotatable bonds is 7. The first-order valence-electron chi connectivity index (χ1n) is 10.6. The molecule has 0 radical (unpaired) electrons. The SMILES string of the molecule is CCc1cc2ccccc2c(Nc2ccc(C[C@H](NC(=O)OC(C)(C)C)C(=O)O)cc2)n1. The van der Waals surface area contributed by atoms with Crippen LogP contribution in [0.15, 0.2) is 54.6 Å². The van der Waals surface area contributed by atoms with Crippen LogP contribution in [0.5, 0.6) is 0 Å². The lowest BCUT2D eigenvalue weighted by Crippen LogP contribution is -2.44. The fourth-order valence-corrected chi connectivity index (χ4v) is 3.28. The minimum atomic E-state index is -1.12. The van der Waals surface area contributed by atoms with Crippen molar-refractivity contribution in [1.82, 2.24) is 10.3 Å². The first-order valence-corrected chi connectivity index (χ1v) is 10.6. The highest BCUT2D eigenvalue weighted by Gasteiger charge is 2.24. The number of aryl methyl sites for hydroxylation is 1. The average Bonchev–Trinajstić information content (AvgIpc) is 2.73. The number of aromatic nitrogens is 1. The number of pyridine rings is 1. The maximum atomic E-state index is 12.0. The molecular weight excluding hydrogens is 406 g/mol. The Bertz CT molecular complexity index is 1100. The largest absolute Gasteiger partial charge is 0.480 e. The molecule has 3 aromatic rings. The van der Waals surface area contributed by atoms with Crippen LogP contribution in [0.25, 0.3) is 10.8 Å². The summed E-state index contributed by atoms with van der Waals surface area (Å²) in [6.07, 6.45) is 0.220. The van der Waals surface area contributed by atoms with Crippen molar-refractivity contribution >= 4 is 34.3 Å². The molecular formula is C25H29N3O4.